The Hall–Kier alpha value is -0.580. The molecule has 2 atom stereocenters. The van der Waals surface area contributed by atoms with E-state index < -0.39 is 9.84 Å². The van der Waals surface area contributed by atoms with Gasteiger partial charge in [0.1, 0.15) is 9.84 Å². The van der Waals surface area contributed by atoms with Crippen molar-refractivity contribution in [1.82, 2.24) is 0 Å². The van der Waals surface area contributed by atoms with Gasteiger partial charge in [0.25, 0.3) is 0 Å². The van der Waals surface area contributed by atoms with E-state index in [9.17, 15) is 13.2 Å². The van der Waals surface area contributed by atoms with E-state index in [1.54, 1.807) is 6.92 Å². The number of hydrogen-bond acceptors (Lipinski definition) is 4. The summed E-state index contributed by atoms with van der Waals surface area (Å²) in [6, 6.07) is 0. The molecule has 0 N–H and O–H groups in total. The third-order valence-electron chi connectivity index (χ3n) is 2.85. The van der Waals surface area contributed by atoms with Crippen molar-refractivity contribution in [1.29, 1.82) is 0 Å². The molecule has 0 spiro atoms. The van der Waals surface area contributed by atoms with Crippen LogP contribution in [0, 0.1) is 5.92 Å². The molecule has 1 aliphatic rings. The largest absolute Gasteiger partial charge is 0.466 e. The predicted octanol–water partition coefficient (Wildman–Crippen LogP) is 1.15. The minimum atomic E-state index is -3.02. The predicted molar refractivity (Wildman–Crippen MR) is 57.2 cm³/mol. The summed E-state index contributed by atoms with van der Waals surface area (Å²) in [5, 5.41) is -0.361. The van der Waals surface area contributed by atoms with Crippen molar-refractivity contribution in [3.63, 3.8) is 0 Å². The van der Waals surface area contributed by atoms with Crippen LogP contribution in [-0.2, 0) is 19.4 Å². The Morgan fingerprint density at radius 1 is 1.40 bits per heavy atom. The Balaban J connectivity index is 2.60. The number of esters is 1. The second-order valence-corrected chi connectivity index (χ2v) is 6.39. The fourth-order valence-electron chi connectivity index (χ4n) is 2.01. The van der Waals surface area contributed by atoms with E-state index in [1.165, 1.54) is 6.26 Å². The summed E-state index contributed by atoms with van der Waals surface area (Å²) in [4.78, 5) is 11.5. The van der Waals surface area contributed by atoms with E-state index in [4.69, 9.17) is 4.74 Å². The highest BCUT2D eigenvalue weighted by molar-refractivity contribution is 7.91. The van der Waals surface area contributed by atoms with Crippen molar-refractivity contribution in [2.24, 2.45) is 5.92 Å². The molecule has 88 valence electrons. The van der Waals surface area contributed by atoms with Crippen molar-refractivity contribution in [2.45, 2.75) is 37.9 Å². The Kier molecular flexibility index (Phi) is 4.13. The minimum absolute atomic E-state index is 0.224. The number of rotatable bonds is 3. The normalized spacial score (nSPS) is 27.3. The van der Waals surface area contributed by atoms with Crippen LogP contribution < -0.4 is 0 Å². The molecule has 4 nitrogen and oxygen atoms in total. The number of carbonyl (C=O) groups excluding carboxylic acids is 1. The van der Waals surface area contributed by atoms with Crippen LogP contribution in [0.1, 0.15) is 32.6 Å². The van der Waals surface area contributed by atoms with Gasteiger partial charge in [-0.15, -0.1) is 0 Å². The second kappa shape index (κ2) is 4.96. The molecule has 2 unspecified atom stereocenters. The fourth-order valence-corrected chi connectivity index (χ4v) is 3.18. The van der Waals surface area contributed by atoms with Gasteiger partial charge >= 0.3 is 5.97 Å². The quantitative estimate of drug-likeness (QED) is 0.687. The molecule has 0 aromatic heterocycles. The molecule has 5 heteroatoms. The van der Waals surface area contributed by atoms with Crippen molar-refractivity contribution in [3.05, 3.63) is 0 Å². The molecule has 1 aliphatic carbocycles. The molecule has 0 aromatic rings. The number of hydrogen-bond donors (Lipinski definition) is 0. The maximum atomic E-state index is 11.5. The number of ether oxygens (including phenoxy) is 1. The maximum Gasteiger partial charge on any atom is 0.308 e. The zero-order chi connectivity index (χ0) is 11.5. The van der Waals surface area contributed by atoms with E-state index in [-0.39, 0.29) is 17.1 Å². The molecule has 1 saturated carbocycles. The average molecular weight is 234 g/mol. The van der Waals surface area contributed by atoms with E-state index in [2.05, 4.69) is 0 Å². The minimum Gasteiger partial charge on any atom is -0.466 e. The van der Waals surface area contributed by atoms with Crippen molar-refractivity contribution >= 4 is 15.8 Å². The first-order valence-electron chi connectivity index (χ1n) is 5.30. The Labute approximate surface area is 90.9 Å². The van der Waals surface area contributed by atoms with Crippen LogP contribution in [0.5, 0.6) is 0 Å². The van der Waals surface area contributed by atoms with Gasteiger partial charge < -0.3 is 4.74 Å². The molecular weight excluding hydrogens is 216 g/mol. The lowest BCUT2D eigenvalue weighted by Gasteiger charge is -2.26. The lowest BCUT2D eigenvalue weighted by atomic mass is 9.89. The SMILES string of the molecule is CCOC(=O)C1CCCC(S(C)(=O)=O)C1. The molecule has 1 rings (SSSR count). The van der Waals surface area contributed by atoms with Gasteiger partial charge in [0, 0.05) is 6.26 Å². The Morgan fingerprint density at radius 2 is 2.07 bits per heavy atom. The summed E-state index contributed by atoms with van der Waals surface area (Å²) < 4.78 is 27.6. The van der Waals surface area contributed by atoms with Gasteiger partial charge in [-0.25, -0.2) is 8.42 Å². The van der Waals surface area contributed by atoms with E-state index >= 15 is 0 Å². The highest BCUT2D eigenvalue weighted by Gasteiger charge is 2.33. The first-order valence-corrected chi connectivity index (χ1v) is 7.26. The maximum absolute atomic E-state index is 11.5. The molecule has 0 radical (unpaired) electrons. The molecule has 0 aromatic carbocycles. The van der Waals surface area contributed by atoms with E-state index in [0.717, 1.165) is 12.8 Å². The number of carbonyl (C=O) groups is 1. The third-order valence-corrected chi connectivity index (χ3v) is 4.49. The van der Waals surface area contributed by atoms with Crippen LogP contribution in [0.25, 0.3) is 0 Å². The van der Waals surface area contributed by atoms with Crippen LogP contribution in [0.4, 0.5) is 0 Å². The van der Waals surface area contributed by atoms with Gasteiger partial charge in [0.05, 0.1) is 17.8 Å². The van der Waals surface area contributed by atoms with Gasteiger partial charge in [-0.05, 0) is 26.2 Å². The monoisotopic (exact) mass is 234 g/mol. The molecule has 15 heavy (non-hydrogen) atoms. The van der Waals surface area contributed by atoms with Crippen LogP contribution in [-0.4, -0.2) is 32.5 Å². The molecule has 0 saturated heterocycles. The lowest BCUT2D eigenvalue weighted by molar-refractivity contribution is -0.149. The molecule has 0 heterocycles. The molecule has 0 amide bonds. The van der Waals surface area contributed by atoms with Gasteiger partial charge in [-0.2, -0.15) is 0 Å². The zero-order valence-corrected chi connectivity index (χ0v) is 10.0. The van der Waals surface area contributed by atoms with Crippen LogP contribution in [0.3, 0.4) is 0 Å². The van der Waals surface area contributed by atoms with Gasteiger partial charge in [0.2, 0.25) is 0 Å². The first kappa shape index (κ1) is 12.5. The van der Waals surface area contributed by atoms with Gasteiger partial charge in [0.15, 0.2) is 0 Å². The van der Waals surface area contributed by atoms with E-state index in [1.807, 2.05) is 0 Å². The standard InChI is InChI=1S/C10H18O4S/c1-3-14-10(11)8-5-4-6-9(7-8)15(2,12)13/h8-9H,3-7H2,1-2H3. The van der Waals surface area contributed by atoms with Gasteiger partial charge in [-0.1, -0.05) is 6.42 Å². The molecule has 0 aliphatic heterocycles. The van der Waals surface area contributed by atoms with Gasteiger partial charge in [-0.3, -0.25) is 4.79 Å². The van der Waals surface area contributed by atoms with E-state index in [0.29, 0.717) is 19.4 Å². The number of sulfone groups is 1. The van der Waals surface area contributed by atoms with Crippen LogP contribution in [0.15, 0.2) is 0 Å². The Bertz CT molecular complexity index is 320. The summed E-state index contributed by atoms with van der Waals surface area (Å²) in [5.41, 5.74) is 0. The second-order valence-electron chi connectivity index (χ2n) is 4.07. The molecule has 0 bridgehead atoms. The highest BCUT2D eigenvalue weighted by Crippen LogP contribution is 2.29. The summed E-state index contributed by atoms with van der Waals surface area (Å²) >= 11 is 0. The third kappa shape index (κ3) is 3.48. The van der Waals surface area contributed by atoms with Crippen molar-refractivity contribution in [2.75, 3.05) is 12.9 Å². The summed E-state index contributed by atoms with van der Waals surface area (Å²) in [7, 11) is -3.02. The van der Waals surface area contributed by atoms with Crippen LogP contribution in [0.2, 0.25) is 0 Å². The zero-order valence-electron chi connectivity index (χ0n) is 9.23. The average Bonchev–Trinajstić information content (AvgIpc) is 2.17. The smallest absolute Gasteiger partial charge is 0.308 e. The Morgan fingerprint density at radius 3 is 2.60 bits per heavy atom. The summed E-state index contributed by atoms with van der Waals surface area (Å²) in [6.45, 7) is 2.12. The fraction of sp³-hybridized carbons (Fsp3) is 0.900. The molecule has 1 fully saturated rings. The lowest BCUT2D eigenvalue weighted by Crippen LogP contribution is -2.31. The van der Waals surface area contributed by atoms with Crippen LogP contribution >= 0.6 is 0 Å². The topological polar surface area (TPSA) is 60.4 Å². The van der Waals surface area contributed by atoms with Crippen molar-refractivity contribution < 1.29 is 17.9 Å². The molecular formula is C10H18O4S. The summed E-state index contributed by atoms with van der Waals surface area (Å²) in [6.07, 6.45) is 3.89. The van der Waals surface area contributed by atoms with Crippen molar-refractivity contribution in [3.8, 4) is 0 Å². The highest BCUT2D eigenvalue weighted by atomic mass is 32.2. The first-order chi connectivity index (χ1) is 6.95. The summed E-state index contributed by atoms with van der Waals surface area (Å²) in [5.74, 6) is -0.468.